The first-order valence-electron chi connectivity index (χ1n) is 8.03. The number of nitro groups is 1. The number of nitrogens with two attached hydrogens (primary N) is 1. The number of hydrogen-bond acceptors (Lipinski definition) is 8. The molecule has 1 atom stereocenters. The maximum absolute atomic E-state index is 10.9. The Morgan fingerprint density at radius 1 is 1.04 bits per heavy atom. The van der Waals surface area contributed by atoms with Crippen molar-refractivity contribution in [2.75, 3.05) is 5.73 Å². The van der Waals surface area contributed by atoms with Gasteiger partial charge in [0.1, 0.15) is 5.01 Å². The number of non-ortho nitro benzene ring substituents is 1. The van der Waals surface area contributed by atoms with E-state index in [4.69, 9.17) is 10.7 Å². The molecule has 0 saturated carbocycles. The van der Waals surface area contributed by atoms with Gasteiger partial charge in [-0.3, -0.25) is 10.1 Å². The van der Waals surface area contributed by atoms with Crippen LogP contribution in [-0.2, 0) is 6.42 Å². The van der Waals surface area contributed by atoms with Crippen LogP contribution in [0.5, 0.6) is 0 Å². The third-order valence-corrected chi connectivity index (χ3v) is 6.69. The third kappa shape index (κ3) is 3.90. The predicted molar refractivity (Wildman–Crippen MR) is 111 cm³/mol. The average molecular weight is 415 g/mol. The molecule has 3 heterocycles. The molecule has 3 aromatic heterocycles. The first-order chi connectivity index (χ1) is 13.1. The van der Waals surface area contributed by atoms with Gasteiger partial charge in [-0.2, -0.15) is 0 Å². The Morgan fingerprint density at radius 3 is 2.41 bits per heavy atom. The summed E-state index contributed by atoms with van der Waals surface area (Å²) in [4.78, 5) is 20.9. The normalized spacial score (nSPS) is 12.1. The molecule has 0 amide bonds. The number of nitrogen functional groups attached to an aromatic ring is 1. The number of thiophene rings is 1. The van der Waals surface area contributed by atoms with Gasteiger partial charge >= 0.3 is 0 Å². The Bertz CT molecular complexity index is 1050. The fourth-order valence-electron chi connectivity index (χ4n) is 2.77. The van der Waals surface area contributed by atoms with E-state index < -0.39 is 4.92 Å². The second-order valence-corrected chi connectivity index (χ2v) is 8.54. The first kappa shape index (κ1) is 17.8. The molecule has 136 valence electrons. The van der Waals surface area contributed by atoms with Crippen molar-refractivity contribution < 1.29 is 4.92 Å². The minimum Gasteiger partial charge on any atom is -0.375 e. The molecule has 0 aliphatic rings. The summed E-state index contributed by atoms with van der Waals surface area (Å²) in [6.45, 7) is 0. The molecule has 0 radical (unpaired) electrons. The van der Waals surface area contributed by atoms with Crippen LogP contribution in [0, 0.1) is 10.1 Å². The van der Waals surface area contributed by atoms with Crippen LogP contribution in [0.15, 0.2) is 52.5 Å². The lowest BCUT2D eigenvalue weighted by Gasteiger charge is -2.12. The fourth-order valence-corrected chi connectivity index (χ4v) is 5.07. The molecule has 1 aromatic carbocycles. The van der Waals surface area contributed by atoms with E-state index in [2.05, 4.69) is 16.4 Å². The fraction of sp³-hybridized carbons (Fsp3) is 0.111. The maximum atomic E-state index is 10.9. The summed E-state index contributed by atoms with van der Waals surface area (Å²) >= 11 is 4.67. The van der Waals surface area contributed by atoms with Crippen LogP contribution in [-0.4, -0.2) is 14.9 Å². The SMILES string of the molecule is Nc1nc([C@@H](Cc2ccc([N+](=O)[O-])cc2)c2csc(-c3cccs3)n2)cs1. The number of thiazole rings is 2. The molecule has 0 fully saturated rings. The van der Waals surface area contributed by atoms with Crippen LogP contribution in [0.4, 0.5) is 10.8 Å². The second kappa shape index (κ2) is 7.55. The number of aromatic nitrogens is 2. The second-order valence-electron chi connectivity index (χ2n) is 5.85. The number of rotatable bonds is 6. The molecule has 2 N–H and O–H groups in total. The topological polar surface area (TPSA) is 94.9 Å². The Hall–Kier alpha value is -2.62. The van der Waals surface area contributed by atoms with Gasteiger partial charge in [-0.1, -0.05) is 18.2 Å². The lowest BCUT2D eigenvalue weighted by atomic mass is 9.94. The van der Waals surface area contributed by atoms with Crippen LogP contribution in [0.25, 0.3) is 9.88 Å². The highest BCUT2D eigenvalue weighted by Crippen LogP contribution is 2.35. The van der Waals surface area contributed by atoms with Crippen molar-refractivity contribution in [1.29, 1.82) is 0 Å². The van der Waals surface area contributed by atoms with Crippen molar-refractivity contribution in [3.63, 3.8) is 0 Å². The average Bonchev–Trinajstić information content (AvgIpc) is 3.41. The van der Waals surface area contributed by atoms with E-state index in [1.807, 2.05) is 16.8 Å². The molecule has 0 bridgehead atoms. The van der Waals surface area contributed by atoms with Crippen LogP contribution in [0.2, 0.25) is 0 Å². The van der Waals surface area contributed by atoms with Gasteiger partial charge in [0.05, 0.1) is 21.2 Å². The van der Waals surface area contributed by atoms with E-state index in [0.717, 1.165) is 26.8 Å². The van der Waals surface area contributed by atoms with Gasteiger partial charge in [0.25, 0.3) is 5.69 Å². The first-order valence-corrected chi connectivity index (χ1v) is 10.7. The van der Waals surface area contributed by atoms with Crippen molar-refractivity contribution in [2.45, 2.75) is 12.3 Å². The van der Waals surface area contributed by atoms with Gasteiger partial charge in [0.2, 0.25) is 0 Å². The number of benzene rings is 1. The molecule has 6 nitrogen and oxygen atoms in total. The molecule has 0 saturated heterocycles. The van der Waals surface area contributed by atoms with Crippen molar-refractivity contribution in [1.82, 2.24) is 9.97 Å². The third-order valence-electron chi connectivity index (χ3n) is 4.09. The zero-order valence-corrected chi connectivity index (χ0v) is 16.4. The summed E-state index contributed by atoms with van der Waals surface area (Å²) < 4.78 is 0. The summed E-state index contributed by atoms with van der Waals surface area (Å²) in [5, 5.41) is 18.4. The molecule has 27 heavy (non-hydrogen) atoms. The molecule has 4 rings (SSSR count). The summed E-state index contributed by atoms with van der Waals surface area (Å²) in [6.07, 6.45) is 0.648. The minimum atomic E-state index is -0.393. The monoisotopic (exact) mass is 414 g/mol. The standard InChI is InChI=1S/C18H14N4O2S3/c19-18-21-15(10-27-18)13(8-11-3-5-12(6-4-11)22(23)24)14-9-26-17(20-14)16-2-1-7-25-16/h1-7,9-10,13H,8H2,(H2,19,21)/t13-/m0/s1. The Morgan fingerprint density at radius 2 is 1.78 bits per heavy atom. The Kier molecular flexibility index (Phi) is 4.97. The summed E-state index contributed by atoms with van der Waals surface area (Å²) in [5.74, 6) is -0.0510. The van der Waals surface area contributed by atoms with Gasteiger partial charge < -0.3 is 5.73 Å². The molecule has 0 unspecified atom stereocenters. The van der Waals surface area contributed by atoms with Gasteiger partial charge in [-0.05, 0) is 23.4 Å². The van der Waals surface area contributed by atoms with E-state index in [9.17, 15) is 10.1 Å². The van der Waals surface area contributed by atoms with Gasteiger partial charge in [-0.15, -0.1) is 34.0 Å². The van der Waals surface area contributed by atoms with E-state index in [-0.39, 0.29) is 11.6 Å². The number of nitro benzene ring substituents is 1. The highest BCUT2D eigenvalue weighted by atomic mass is 32.1. The summed E-state index contributed by atoms with van der Waals surface area (Å²) in [5.41, 5.74) is 8.72. The van der Waals surface area contributed by atoms with Crippen LogP contribution in [0.3, 0.4) is 0 Å². The molecule has 0 spiro atoms. The van der Waals surface area contributed by atoms with Crippen LogP contribution >= 0.6 is 34.0 Å². The summed E-state index contributed by atoms with van der Waals surface area (Å²) in [7, 11) is 0. The highest BCUT2D eigenvalue weighted by Gasteiger charge is 2.22. The minimum absolute atomic E-state index is 0.0510. The molecule has 0 aliphatic carbocycles. The number of hydrogen-bond donors (Lipinski definition) is 1. The largest absolute Gasteiger partial charge is 0.375 e. The lowest BCUT2D eigenvalue weighted by molar-refractivity contribution is -0.384. The highest BCUT2D eigenvalue weighted by molar-refractivity contribution is 7.20. The van der Waals surface area contributed by atoms with Gasteiger partial charge in [0.15, 0.2) is 5.13 Å². The molecular formula is C18H14N4O2S3. The van der Waals surface area contributed by atoms with Crippen molar-refractivity contribution in [3.8, 4) is 9.88 Å². The molecular weight excluding hydrogens is 400 g/mol. The van der Waals surface area contributed by atoms with Crippen molar-refractivity contribution in [3.05, 3.63) is 79.6 Å². The lowest BCUT2D eigenvalue weighted by Crippen LogP contribution is -2.06. The molecule has 0 aliphatic heterocycles. The van der Waals surface area contributed by atoms with Crippen LogP contribution < -0.4 is 5.73 Å². The quantitative estimate of drug-likeness (QED) is 0.346. The number of anilines is 1. The van der Waals surface area contributed by atoms with Crippen LogP contribution in [0.1, 0.15) is 22.9 Å². The molecule has 9 heteroatoms. The van der Waals surface area contributed by atoms with E-state index in [0.29, 0.717) is 11.6 Å². The Balaban J connectivity index is 1.66. The van der Waals surface area contributed by atoms with E-state index in [1.54, 1.807) is 34.8 Å². The smallest absolute Gasteiger partial charge is 0.269 e. The number of nitrogens with zero attached hydrogens (tertiary/aromatic N) is 3. The van der Waals surface area contributed by atoms with E-state index >= 15 is 0 Å². The van der Waals surface area contributed by atoms with E-state index in [1.165, 1.54) is 23.5 Å². The van der Waals surface area contributed by atoms with Gasteiger partial charge in [0, 0.05) is 28.8 Å². The van der Waals surface area contributed by atoms with Gasteiger partial charge in [-0.25, -0.2) is 9.97 Å². The molecule has 4 aromatic rings. The summed E-state index contributed by atoms with van der Waals surface area (Å²) in [6, 6.07) is 10.7. The zero-order valence-electron chi connectivity index (χ0n) is 13.9. The Labute approximate surface area is 167 Å². The van der Waals surface area contributed by atoms with Crippen molar-refractivity contribution in [2.24, 2.45) is 0 Å². The maximum Gasteiger partial charge on any atom is 0.269 e. The predicted octanol–water partition coefficient (Wildman–Crippen LogP) is 5.19. The zero-order chi connectivity index (χ0) is 18.8. The van der Waals surface area contributed by atoms with Crippen molar-refractivity contribution >= 4 is 44.8 Å².